The van der Waals surface area contributed by atoms with Crippen LogP contribution in [0.2, 0.25) is 0 Å². The van der Waals surface area contributed by atoms with Crippen LogP contribution in [0.1, 0.15) is 41.0 Å². The normalized spacial score (nSPS) is 27.5. The van der Waals surface area contributed by atoms with Crippen molar-refractivity contribution in [1.29, 1.82) is 0 Å². The van der Waals surface area contributed by atoms with E-state index < -0.39 is 0 Å². The Balaban J connectivity index is 2.36. The molecule has 76 valence electrons. The van der Waals surface area contributed by atoms with Crippen molar-refractivity contribution in [2.24, 2.45) is 17.8 Å². The molecule has 0 saturated heterocycles. The number of amides is 1. The Morgan fingerprint density at radius 1 is 1.38 bits per heavy atom. The monoisotopic (exact) mass is 183 g/mol. The van der Waals surface area contributed by atoms with Crippen molar-refractivity contribution < 1.29 is 4.79 Å². The highest BCUT2D eigenvalue weighted by Gasteiger charge is 2.45. The highest BCUT2D eigenvalue weighted by Crippen LogP contribution is 2.44. The molecule has 0 aliphatic heterocycles. The molecule has 13 heavy (non-hydrogen) atoms. The van der Waals surface area contributed by atoms with Gasteiger partial charge in [-0.25, -0.2) is 0 Å². The van der Waals surface area contributed by atoms with Crippen LogP contribution in [0.4, 0.5) is 0 Å². The van der Waals surface area contributed by atoms with Gasteiger partial charge in [-0.2, -0.15) is 0 Å². The second-order valence-electron chi connectivity index (χ2n) is 5.49. The van der Waals surface area contributed by atoms with Gasteiger partial charge in [0.25, 0.3) is 0 Å². The molecule has 2 atom stereocenters. The topological polar surface area (TPSA) is 29.1 Å². The summed E-state index contributed by atoms with van der Waals surface area (Å²) < 4.78 is 0. The zero-order valence-electron chi connectivity index (χ0n) is 9.35. The fraction of sp³-hybridized carbons (Fsp3) is 0.909. The first-order valence-corrected chi connectivity index (χ1v) is 5.13. The van der Waals surface area contributed by atoms with Crippen LogP contribution in [0.15, 0.2) is 0 Å². The predicted molar refractivity (Wildman–Crippen MR) is 54.3 cm³/mol. The van der Waals surface area contributed by atoms with Crippen molar-refractivity contribution in [3.8, 4) is 0 Å². The molecule has 1 aliphatic rings. The number of carbonyl (C=O) groups excluding carboxylic acids is 1. The van der Waals surface area contributed by atoms with Gasteiger partial charge in [-0.1, -0.05) is 13.8 Å². The third-order valence-corrected chi connectivity index (χ3v) is 2.53. The second-order valence-corrected chi connectivity index (χ2v) is 5.49. The van der Waals surface area contributed by atoms with Gasteiger partial charge in [0.15, 0.2) is 0 Å². The van der Waals surface area contributed by atoms with Crippen molar-refractivity contribution in [2.45, 2.75) is 46.6 Å². The van der Waals surface area contributed by atoms with E-state index in [1.54, 1.807) is 0 Å². The summed E-state index contributed by atoms with van der Waals surface area (Å²) in [7, 11) is 0. The smallest absolute Gasteiger partial charge is 0.223 e. The zero-order chi connectivity index (χ0) is 10.2. The molecule has 0 aromatic heterocycles. The maximum atomic E-state index is 11.6. The molecule has 0 heterocycles. The first-order chi connectivity index (χ1) is 5.81. The molecule has 1 saturated carbocycles. The van der Waals surface area contributed by atoms with Crippen molar-refractivity contribution in [3.63, 3.8) is 0 Å². The summed E-state index contributed by atoms with van der Waals surface area (Å²) in [4.78, 5) is 11.6. The van der Waals surface area contributed by atoms with Gasteiger partial charge in [-0.05, 0) is 39.0 Å². The minimum Gasteiger partial charge on any atom is -0.351 e. The van der Waals surface area contributed by atoms with E-state index >= 15 is 0 Å². The molecule has 0 aromatic carbocycles. The Bertz CT molecular complexity index is 203. The Kier molecular flexibility index (Phi) is 2.69. The van der Waals surface area contributed by atoms with E-state index in [2.05, 4.69) is 19.2 Å². The minimum atomic E-state index is -0.0821. The lowest BCUT2D eigenvalue weighted by Crippen LogP contribution is -2.41. The molecule has 0 radical (unpaired) electrons. The van der Waals surface area contributed by atoms with E-state index in [0.717, 1.165) is 6.42 Å². The molecule has 1 fully saturated rings. The first kappa shape index (κ1) is 10.6. The molecule has 1 rings (SSSR count). The lowest BCUT2D eigenvalue weighted by atomic mass is 10.1. The van der Waals surface area contributed by atoms with E-state index in [1.807, 2.05) is 20.8 Å². The SMILES string of the molecule is CC(C)[C@H]1C[C@H]1C(=O)NC(C)(C)C. The molecule has 1 N–H and O–H groups in total. The molecule has 0 bridgehead atoms. The molecule has 2 nitrogen and oxygen atoms in total. The highest BCUT2D eigenvalue weighted by atomic mass is 16.2. The Morgan fingerprint density at radius 3 is 2.23 bits per heavy atom. The van der Waals surface area contributed by atoms with Gasteiger partial charge in [-0.15, -0.1) is 0 Å². The van der Waals surface area contributed by atoms with Crippen LogP contribution in [-0.4, -0.2) is 11.4 Å². The van der Waals surface area contributed by atoms with E-state index in [1.165, 1.54) is 0 Å². The fourth-order valence-corrected chi connectivity index (χ4v) is 1.72. The van der Waals surface area contributed by atoms with Crippen molar-refractivity contribution >= 4 is 5.91 Å². The fourth-order valence-electron chi connectivity index (χ4n) is 1.72. The summed E-state index contributed by atoms with van der Waals surface area (Å²) >= 11 is 0. The number of carbonyl (C=O) groups is 1. The quantitative estimate of drug-likeness (QED) is 0.698. The van der Waals surface area contributed by atoms with Gasteiger partial charge < -0.3 is 5.32 Å². The lowest BCUT2D eigenvalue weighted by Gasteiger charge is -2.20. The van der Waals surface area contributed by atoms with Crippen LogP contribution in [0, 0.1) is 17.8 Å². The summed E-state index contributed by atoms with van der Waals surface area (Å²) in [6.45, 7) is 10.5. The van der Waals surface area contributed by atoms with Gasteiger partial charge in [0, 0.05) is 11.5 Å². The standard InChI is InChI=1S/C11H21NO/c1-7(2)8-6-9(8)10(13)12-11(3,4)5/h7-9H,6H2,1-5H3,(H,12,13)/t8-,9-/m1/s1. The largest absolute Gasteiger partial charge is 0.351 e. The average Bonchev–Trinajstić information content (AvgIpc) is 2.58. The van der Waals surface area contributed by atoms with Crippen LogP contribution >= 0.6 is 0 Å². The Morgan fingerprint density at radius 2 is 1.92 bits per heavy atom. The highest BCUT2D eigenvalue weighted by molar-refractivity contribution is 5.82. The van der Waals surface area contributed by atoms with Crippen LogP contribution in [0.25, 0.3) is 0 Å². The van der Waals surface area contributed by atoms with E-state index in [-0.39, 0.29) is 11.4 Å². The Hall–Kier alpha value is -0.530. The molecular formula is C11H21NO. The number of rotatable bonds is 2. The zero-order valence-corrected chi connectivity index (χ0v) is 9.35. The summed E-state index contributed by atoms with van der Waals surface area (Å²) in [6.07, 6.45) is 1.08. The van der Waals surface area contributed by atoms with Gasteiger partial charge in [0.05, 0.1) is 0 Å². The molecule has 0 spiro atoms. The van der Waals surface area contributed by atoms with Crippen molar-refractivity contribution in [1.82, 2.24) is 5.32 Å². The van der Waals surface area contributed by atoms with Gasteiger partial charge >= 0.3 is 0 Å². The van der Waals surface area contributed by atoms with Gasteiger partial charge in [0.2, 0.25) is 5.91 Å². The van der Waals surface area contributed by atoms with Gasteiger partial charge in [0.1, 0.15) is 0 Å². The number of hydrogen-bond acceptors (Lipinski definition) is 1. The predicted octanol–water partition coefficient (Wildman–Crippen LogP) is 2.19. The lowest BCUT2D eigenvalue weighted by molar-refractivity contribution is -0.124. The summed E-state index contributed by atoms with van der Waals surface area (Å²) in [6, 6.07) is 0. The van der Waals surface area contributed by atoms with Gasteiger partial charge in [-0.3, -0.25) is 4.79 Å². The molecule has 1 aliphatic carbocycles. The number of nitrogens with one attached hydrogen (secondary N) is 1. The van der Waals surface area contributed by atoms with Crippen LogP contribution in [0.5, 0.6) is 0 Å². The van der Waals surface area contributed by atoms with E-state index in [0.29, 0.717) is 17.8 Å². The molecule has 0 unspecified atom stereocenters. The molecule has 1 amide bonds. The number of hydrogen-bond donors (Lipinski definition) is 1. The average molecular weight is 183 g/mol. The van der Waals surface area contributed by atoms with Crippen LogP contribution in [-0.2, 0) is 4.79 Å². The summed E-state index contributed by atoms with van der Waals surface area (Å²) in [5.74, 6) is 1.81. The third-order valence-electron chi connectivity index (χ3n) is 2.53. The van der Waals surface area contributed by atoms with Crippen molar-refractivity contribution in [2.75, 3.05) is 0 Å². The van der Waals surface area contributed by atoms with Crippen LogP contribution < -0.4 is 5.32 Å². The summed E-state index contributed by atoms with van der Waals surface area (Å²) in [5.41, 5.74) is -0.0821. The first-order valence-electron chi connectivity index (χ1n) is 5.13. The van der Waals surface area contributed by atoms with Crippen LogP contribution in [0.3, 0.4) is 0 Å². The third kappa shape index (κ3) is 3.02. The molecule has 0 aromatic rings. The van der Waals surface area contributed by atoms with E-state index in [4.69, 9.17) is 0 Å². The minimum absolute atomic E-state index is 0.0821. The van der Waals surface area contributed by atoms with Crippen molar-refractivity contribution in [3.05, 3.63) is 0 Å². The summed E-state index contributed by atoms with van der Waals surface area (Å²) in [5, 5.41) is 3.03. The molecular weight excluding hydrogens is 162 g/mol. The second kappa shape index (κ2) is 3.32. The van der Waals surface area contributed by atoms with E-state index in [9.17, 15) is 4.79 Å². The maximum Gasteiger partial charge on any atom is 0.223 e. The Labute approximate surface area is 81.1 Å². The maximum absolute atomic E-state index is 11.6. The molecule has 2 heteroatoms.